The van der Waals surface area contributed by atoms with Crippen LogP contribution in [-0.2, 0) is 0 Å². The summed E-state index contributed by atoms with van der Waals surface area (Å²) in [5.41, 5.74) is 1.48. The van der Waals surface area contributed by atoms with Crippen LogP contribution in [0, 0.1) is 29.3 Å². The van der Waals surface area contributed by atoms with Gasteiger partial charge in [0, 0.05) is 11.6 Å². The number of ether oxygens (including phenoxy) is 1. The molecule has 0 aliphatic heterocycles. The van der Waals surface area contributed by atoms with Crippen molar-refractivity contribution in [3.63, 3.8) is 0 Å². The number of hydrogen-bond acceptors (Lipinski definition) is 2. The van der Waals surface area contributed by atoms with Crippen molar-refractivity contribution in [3.05, 3.63) is 70.5 Å². The summed E-state index contributed by atoms with van der Waals surface area (Å²) in [5, 5.41) is 9.79. The molecule has 0 heterocycles. The fourth-order valence-corrected chi connectivity index (χ4v) is 5.89. The second-order valence-electron chi connectivity index (χ2n) is 10.3. The average molecular weight is 487 g/mol. The first kappa shape index (κ1) is 25.8. The summed E-state index contributed by atoms with van der Waals surface area (Å²) < 4.78 is 49.7. The van der Waals surface area contributed by atoms with Crippen molar-refractivity contribution in [3.8, 4) is 5.75 Å². The van der Waals surface area contributed by atoms with E-state index in [9.17, 15) is 18.3 Å². The molecule has 1 atom stereocenters. The number of benzene rings is 2. The molecule has 0 radical (unpaired) electrons. The van der Waals surface area contributed by atoms with E-state index in [2.05, 4.69) is 0 Å². The van der Waals surface area contributed by atoms with Crippen LogP contribution < -0.4 is 4.74 Å². The SMILES string of the molecule is CCOc1ccc(C2CCC(/C=C/c3ccc(C4CCC(C(C)O)CC4)c(F)c3F)CC2)c(F)c1. The molecule has 0 aromatic heterocycles. The van der Waals surface area contributed by atoms with E-state index in [0.717, 1.165) is 56.9 Å². The first-order valence-corrected chi connectivity index (χ1v) is 13.1. The van der Waals surface area contributed by atoms with E-state index >= 15 is 0 Å². The van der Waals surface area contributed by atoms with Crippen molar-refractivity contribution < 1.29 is 23.0 Å². The minimum atomic E-state index is -0.776. The minimum Gasteiger partial charge on any atom is -0.494 e. The van der Waals surface area contributed by atoms with Gasteiger partial charge in [0.05, 0.1) is 12.7 Å². The molecule has 2 aromatic rings. The summed E-state index contributed by atoms with van der Waals surface area (Å²) in [5.74, 6) is -0.463. The summed E-state index contributed by atoms with van der Waals surface area (Å²) >= 11 is 0. The van der Waals surface area contributed by atoms with Gasteiger partial charge < -0.3 is 9.84 Å². The standard InChI is InChI=1S/C30H37F3O2/c1-3-35-25-15-17-26(28(31)18-25)22-7-4-20(5-8-22)6-9-24-14-16-27(30(33)29(24)32)23-12-10-21(11-13-23)19(2)34/h6,9,14-23,34H,3-5,7-8,10-13H2,1-2H3/b9-6+. The zero-order valence-corrected chi connectivity index (χ0v) is 20.8. The number of aliphatic hydroxyl groups is 1. The average Bonchev–Trinajstić information content (AvgIpc) is 2.86. The van der Waals surface area contributed by atoms with Crippen molar-refractivity contribution in [1.29, 1.82) is 0 Å². The largest absolute Gasteiger partial charge is 0.494 e. The molecule has 0 bridgehead atoms. The Morgan fingerprint density at radius 2 is 1.51 bits per heavy atom. The molecule has 5 heteroatoms. The highest BCUT2D eigenvalue weighted by Crippen LogP contribution is 2.40. The molecule has 1 unspecified atom stereocenters. The van der Waals surface area contributed by atoms with Gasteiger partial charge in [0.25, 0.3) is 0 Å². The quantitative estimate of drug-likeness (QED) is 0.428. The lowest BCUT2D eigenvalue weighted by molar-refractivity contribution is 0.0963. The first-order valence-electron chi connectivity index (χ1n) is 13.1. The van der Waals surface area contributed by atoms with Gasteiger partial charge in [-0.1, -0.05) is 30.4 Å². The zero-order chi connectivity index (χ0) is 24.9. The molecule has 4 rings (SSSR count). The molecule has 2 aliphatic carbocycles. The zero-order valence-electron chi connectivity index (χ0n) is 20.8. The van der Waals surface area contributed by atoms with Gasteiger partial charge in [-0.25, -0.2) is 13.2 Å². The van der Waals surface area contributed by atoms with Crippen LogP contribution >= 0.6 is 0 Å². The molecular formula is C30H37F3O2. The molecular weight excluding hydrogens is 449 g/mol. The molecule has 190 valence electrons. The number of halogens is 3. The summed E-state index contributed by atoms with van der Waals surface area (Å²) in [7, 11) is 0. The lowest BCUT2D eigenvalue weighted by Gasteiger charge is -2.30. The maximum absolute atomic E-state index is 14.9. The Bertz CT molecular complexity index is 1020. The van der Waals surface area contributed by atoms with E-state index in [-0.39, 0.29) is 41.2 Å². The highest BCUT2D eigenvalue weighted by Gasteiger charge is 2.28. The highest BCUT2D eigenvalue weighted by molar-refractivity contribution is 5.52. The lowest BCUT2D eigenvalue weighted by Crippen LogP contribution is -2.23. The second-order valence-corrected chi connectivity index (χ2v) is 10.3. The first-order chi connectivity index (χ1) is 16.9. The molecule has 35 heavy (non-hydrogen) atoms. The molecule has 2 aromatic carbocycles. The van der Waals surface area contributed by atoms with Gasteiger partial charge in [-0.15, -0.1) is 0 Å². The maximum atomic E-state index is 14.9. The van der Waals surface area contributed by atoms with Crippen LogP contribution in [0.5, 0.6) is 5.75 Å². The number of hydrogen-bond donors (Lipinski definition) is 1. The summed E-state index contributed by atoms with van der Waals surface area (Å²) in [6.45, 7) is 4.19. The molecule has 2 fully saturated rings. The third-order valence-electron chi connectivity index (χ3n) is 8.08. The monoisotopic (exact) mass is 486 g/mol. The number of aliphatic hydroxyl groups excluding tert-OH is 1. The fourth-order valence-electron chi connectivity index (χ4n) is 5.89. The van der Waals surface area contributed by atoms with Crippen LogP contribution in [0.2, 0.25) is 0 Å². The summed E-state index contributed by atoms with van der Waals surface area (Å²) in [4.78, 5) is 0. The smallest absolute Gasteiger partial charge is 0.166 e. The highest BCUT2D eigenvalue weighted by atomic mass is 19.2. The molecule has 2 nitrogen and oxygen atoms in total. The van der Waals surface area contributed by atoms with E-state index in [0.29, 0.717) is 17.9 Å². The van der Waals surface area contributed by atoms with Crippen molar-refractivity contribution in [1.82, 2.24) is 0 Å². The third kappa shape index (κ3) is 6.11. The molecule has 0 spiro atoms. The molecule has 0 saturated heterocycles. The van der Waals surface area contributed by atoms with Crippen molar-refractivity contribution in [2.24, 2.45) is 11.8 Å². The predicted octanol–water partition coefficient (Wildman–Crippen LogP) is 8.14. The van der Waals surface area contributed by atoms with Gasteiger partial charge >= 0.3 is 0 Å². The van der Waals surface area contributed by atoms with Gasteiger partial charge in [0.2, 0.25) is 0 Å². The van der Waals surface area contributed by atoms with E-state index in [4.69, 9.17) is 4.74 Å². The van der Waals surface area contributed by atoms with Crippen molar-refractivity contribution >= 4 is 6.08 Å². The number of rotatable bonds is 7. The molecule has 1 N–H and O–H groups in total. The van der Waals surface area contributed by atoms with Gasteiger partial charge in [-0.3, -0.25) is 0 Å². The van der Waals surface area contributed by atoms with Gasteiger partial charge in [0.15, 0.2) is 11.6 Å². The third-order valence-corrected chi connectivity index (χ3v) is 8.08. The molecule has 0 amide bonds. The summed E-state index contributed by atoms with van der Waals surface area (Å²) in [6, 6.07) is 8.54. The van der Waals surface area contributed by atoms with E-state index in [1.807, 2.05) is 25.1 Å². The lowest BCUT2D eigenvalue weighted by atomic mass is 9.76. The van der Waals surface area contributed by atoms with E-state index in [1.54, 1.807) is 25.1 Å². The van der Waals surface area contributed by atoms with Crippen LogP contribution in [0.3, 0.4) is 0 Å². The van der Waals surface area contributed by atoms with Crippen LogP contribution in [-0.4, -0.2) is 17.8 Å². The topological polar surface area (TPSA) is 29.5 Å². The van der Waals surface area contributed by atoms with E-state index in [1.165, 1.54) is 6.07 Å². The van der Waals surface area contributed by atoms with Crippen LogP contribution in [0.4, 0.5) is 13.2 Å². The molecule has 2 saturated carbocycles. The van der Waals surface area contributed by atoms with E-state index < -0.39 is 11.6 Å². The van der Waals surface area contributed by atoms with Gasteiger partial charge in [0.1, 0.15) is 11.6 Å². The van der Waals surface area contributed by atoms with Crippen LogP contribution in [0.1, 0.15) is 93.7 Å². The Morgan fingerprint density at radius 3 is 2.14 bits per heavy atom. The Morgan fingerprint density at radius 1 is 0.886 bits per heavy atom. The van der Waals surface area contributed by atoms with Gasteiger partial charge in [-0.05, 0) is 106 Å². The van der Waals surface area contributed by atoms with Crippen LogP contribution in [0.25, 0.3) is 6.08 Å². The maximum Gasteiger partial charge on any atom is 0.166 e. The molecule has 2 aliphatic rings. The fraction of sp³-hybridized carbons (Fsp3) is 0.533. The number of allylic oxidation sites excluding steroid dienone is 1. The second kappa shape index (κ2) is 11.6. The van der Waals surface area contributed by atoms with Gasteiger partial charge in [-0.2, -0.15) is 0 Å². The normalized spacial score (nSPS) is 26.1. The Balaban J connectivity index is 1.35. The Hall–Kier alpha value is -2.27. The predicted molar refractivity (Wildman–Crippen MR) is 134 cm³/mol. The Labute approximate surface area is 207 Å². The van der Waals surface area contributed by atoms with Crippen molar-refractivity contribution in [2.45, 2.75) is 83.2 Å². The van der Waals surface area contributed by atoms with Crippen LogP contribution in [0.15, 0.2) is 36.4 Å². The summed E-state index contributed by atoms with van der Waals surface area (Å²) in [6.07, 6.45) is 10.1. The van der Waals surface area contributed by atoms with Crippen molar-refractivity contribution in [2.75, 3.05) is 6.61 Å². The Kier molecular flexibility index (Phi) is 8.59. The minimum absolute atomic E-state index is 0.0100.